The van der Waals surface area contributed by atoms with E-state index in [1.165, 1.54) is 0 Å². The Morgan fingerprint density at radius 2 is 1.94 bits per heavy atom. The minimum Gasteiger partial charge on any atom is -0.394 e. The van der Waals surface area contributed by atoms with Gasteiger partial charge >= 0.3 is 7.82 Å². The molecule has 1 aliphatic heterocycles. The van der Waals surface area contributed by atoms with Crippen molar-refractivity contribution in [1.82, 2.24) is 0 Å². The quantitative estimate of drug-likeness (QED) is 0.287. The van der Waals surface area contributed by atoms with Gasteiger partial charge in [0.05, 0.1) is 12.6 Å². The number of hydrogen-bond acceptors (Lipinski definition) is 7. The molecular formula is C6H14NO8P. The van der Waals surface area contributed by atoms with Crippen molar-refractivity contribution in [3.63, 3.8) is 0 Å². The van der Waals surface area contributed by atoms with E-state index in [4.69, 9.17) is 25.4 Å². The summed E-state index contributed by atoms with van der Waals surface area (Å²) in [6.07, 6.45) is -5.88. The van der Waals surface area contributed by atoms with Gasteiger partial charge in [0.2, 0.25) is 0 Å². The van der Waals surface area contributed by atoms with Gasteiger partial charge in [-0.2, -0.15) is 0 Å². The van der Waals surface area contributed by atoms with Crippen LogP contribution >= 0.6 is 7.82 Å². The van der Waals surface area contributed by atoms with Crippen molar-refractivity contribution in [1.29, 1.82) is 0 Å². The van der Waals surface area contributed by atoms with Gasteiger partial charge in [-0.15, -0.1) is 0 Å². The highest BCUT2D eigenvalue weighted by Crippen LogP contribution is 2.40. The Hall–Kier alpha value is -0.0900. The molecule has 0 aliphatic carbocycles. The van der Waals surface area contributed by atoms with Crippen molar-refractivity contribution in [2.75, 3.05) is 6.61 Å². The smallest absolute Gasteiger partial charge is 0.394 e. The molecule has 0 amide bonds. The topological polar surface area (TPSA) is 163 Å². The first kappa shape index (κ1) is 14.0. The van der Waals surface area contributed by atoms with Crippen LogP contribution in [0.4, 0.5) is 0 Å². The Kier molecular flexibility index (Phi) is 4.41. The molecule has 1 heterocycles. The monoisotopic (exact) mass is 259 g/mol. The van der Waals surface area contributed by atoms with Gasteiger partial charge in [-0.25, -0.2) is 4.57 Å². The summed E-state index contributed by atoms with van der Waals surface area (Å²) in [5, 5.41) is 27.6. The lowest BCUT2D eigenvalue weighted by molar-refractivity contribution is -0.245. The van der Waals surface area contributed by atoms with Crippen LogP contribution in [0, 0.1) is 0 Å². The van der Waals surface area contributed by atoms with E-state index in [9.17, 15) is 14.8 Å². The molecule has 16 heavy (non-hydrogen) atoms. The molecule has 1 rings (SSSR count). The van der Waals surface area contributed by atoms with Crippen molar-refractivity contribution in [3.05, 3.63) is 0 Å². The maximum Gasteiger partial charge on any atom is 0.470 e. The molecule has 1 fully saturated rings. The minimum absolute atomic E-state index is 0.689. The molecule has 0 spiro atoms. The molecule has 7 N–H and O–H groups in total. The van der Waals surface area contributed by atoms with E-state index in [0.29, 0.717) is 0 Å². The van der Waals surface area contributed by atoms with Crippen LogP contribution < -0.4 is 5.73 Å². The van der Waals surface area contributed by atoms with Gasteiger partial charge in [-0.05, 0) is 0 Å². The van der Waals surface area contributed by atoms with E-state index >= 15 is 0 Å². The number of phosphoric ester groups is 1. The van der Waals surface area contributed by atoms with Crippen LogP contribution in [0.1, 0.15) is 0 Å². The number of hydrogen-bond donors (Lipinski definition) is 6. The fourth-order valence-corrected chi connectivity index (χ4v) is 1.97. The average Bonchev–Trinajstić information content (AvgIpc) is 2.17. The van der Waals surface area contributed by atoms with Crippen LogP contribution in [0.3, 0.4) is 0 Å². The number of aliphatic hydroxyl groups excluding tert-OH is 3. The summed E-state index contributed by atoms with van der Waals surface area (Å²) in [6, 6.07) is -1.28. The number of ether oxygens (including phenoxy) is 1. The molecule has 10 heteroatoms. The van der Waals surface area contributed by atoms with E-state index in [-0.39, 0.29) is 0 Å². The van der Waals surface area contributed by atoms with Crippen molar-refractivity contribution in [2.24, 2.45) is 5.73 Å². The third kappa shape index (κ3) is 3.20. The van der Waals surface area contributed by atoms with Gasteiger partial charge in [0, 0.05) is 0 Å². The highest BCUT2D eigenvalue weighted by molar-refractivity contribution is 7.46. The first-order chi connectivity index (χ1) is 7.26. The van der Waals surface area contributed by atoms with Crippen molar-refractivity contribution in [2.45, 2.75) is 30.6 Å². The number of nitrogens with two attached hydrogens (primary N) is 1. The van der Waals surface area contributed by atoms with Gasteiger partial charge in [0.1, 0.15) is 18.3 Å². The summed E-state index contributed by atoms with van der Waals surface area (Å²) < 4.78 is 19.6. The fourth-order valence-electron chi connectivity index (χ4n) is 1.39. The molecule has 9 nitrogen and oxygen atoms in total. The summed E-state index contributed by atoms with van der Waals surface area (Å²) in [7, 11) is -4.86. The molecule has 0 aromatic rings. The largest absolute Gasteiger partial charge is 0.470 e. The van der Waals surface area contributed by atoms with E-state index in [2.05, 4.69) is 4.52 Å². The highest BCUT2D eigenvalue weighted by atomic mass is 31.2. The molecule has 96 valence electrons. The first-order valence-electron chi connectivity index (χ1n) is 4.38. The lowest BCUT2D eigenvalue weighted by Gasteiger charge is -2.40. The second-order valence-corrected chi connectivity index (χ2v) is 4.57. The SMILES string of the molecule is N[C@@H]1[C@@H](O)[C@H](OP(=O)(O)O)[C@@H](CO)O[C@@H]1O. The molecule has 0 saturated carbocycles. The summed E-state index contributed by atoms with van der Waals surface area (Å²) in [6.45, 7) is -0.689. The highest BCUT2D eigenvalue weighted by Gasteiger charge is 2.46. The van der Waals surface area contributed by atoms with Gasteiger partial charge in [0.25, 0.3) is 0 Å². The average molecular weight is 259 g/mol. The van der Waals surface area contributed by atoms with Gasteiger partial charge in [0.15, 0.2) is 6.29 Å². The van der Waals surface area contributed by atoms with Gasteiger partial charge < -0.3 is 35.6 Å². The van der Waals surface area contributed by atoms with E-state index in [0.717, 1.165) is 0 Å². The van der Waals surface area contributed by atoms with E-state index < -0.39 is 45.1 Å². The summed E-state index contributed by atoms with van der Waals surface area (Å²) in [4.78, 5) is 17.2. The van der Waals surface area contributed by atoms with Gasteiger partial charge in [-0.1, -0.05) is 0 Å². The molecule has 0 bridgehead atoms. The maximum atomic E-state index is 10.6. The minimum atomic E-state index is -4.86. The summed E-state index contributed by atoms with van der Waals surface area (Å²) >= 11 is 0. The molecule has 1 saturated heterocycles. The zero-order valence-corrected chi connectivity index (χ0v) is 8.97. The molecule has 0 unspecified atom stereocenters. The molecule has 1 aliphatic rings. The van der Waals surface area contributed by atoms with Crippen molar-refractivity contribution in [3.8, 4) is 0 Å². The van der Waals surface area contributed by atoms with E-state index in [1.807, 2.05) is 0 Å². The molecular weight excluding hydrogens is 245 g/mol. The fraction of sp³-hybridized carbons (Fsp3) is 1.00. The third-order valence-corrected chi connectivity index (χ3v) is 2.70. The Balaban J connectivity index is 2.81. The Morgan fingerprint density at radius 1 is 1.38 bits per heavy atom. The summed E-state index contributed by atoms with van der Waals surface area (Å²) in [5.41, 5.74) is 5.31. The molecule has 0 aromatic heterocycles. The van der Waals surface area contributed by atoms with Crippen LogP contribution in [0.2, 0.25) is 0 Å². The predicted octanol–water partition coefficient (Wildman–Crippen LogP) is -3.14. The van der Waals surface area contributed by atoms with Crippen molar-refractivity contribution < 1.29 is 38.9 Å². The zero-order chi connectivity index (χ0) is 12.5. The first-order valence-corrected chi connectivity index (χ1v) is 5.91. The Labute approximate surface area is 90.6 Å². The van der Waals surface area contributed by atoms with Crippen LogP contribution in [0.25, 0.3) is 0 Å². The van der Waals surface area contributed by atoms with Crippen LogP contribution in [-0.4, -0.2) is 62.4 Å². The van der Waals surface area contributed by atoms with Crippen LogP contribution in [-0.2, 0) is 13.8 Å². The number of rotatable bonds is 3. The standard InChI is InChI=1S/C6H14NO8P/c7-3-4(9)5(15-16(11,12)13)2(1-8)14-6(3)10/h2-6,8-10H,1,7H2,(H2,11,12,13)/t2-,3-,4-,5-,6+/m1/s1. The maximum absolute atomic E-state index is 10.6. The number of aliphatic hydroxyl groups is 3. The molecule has 0 aromatic carbocycles. The number of phosphoric acid groups is 1. The zero-order valence-electron chi connectivity index (χ0n) is 8.08. The predicted molar refractivity (Wildman–Crippen MR) is 48.9 cm³/mol. The molecule has 0 radical (unpaired) electrons. The third-order valence-electron chi connectivity index (χ3n) is 2.18. The second-order valence-electron chi connectivity index (χ2n) is 3.38. The normalized spacial score (nSPS) is 41.0. The van der Waals surface area contributed by atoms with E-state index in [1.54, 1.807) is 0 Å². The second kappa shape index (κ2) is 5.05. The van der Waals surface area contributed by atoms with Crippen molar-refractivity contribution >= 4 is 7.82 Å². The Morgan fingerprint density at radius 3 is 2.38 bits per heavy atom. The lowest BCUT2D eigenvalue weighted by Crippen LogP contribution is -2.62. The van der Waals surface area contributed by atoms with Crippen LogP contribution in [0.5, 0.6) is 0 Å². The van der Waals surface area contributed by atoms with Crippen LogP contribution in [0.15, 0.2) is 0 Å². The lowest BCUT2D eigenvalue weighted by atomic mass is 9.98. The van der Waals surface area contributed by atoms with Gasteiger partial charge in [-0.3, -0.25) is 4.52 Å². The Bertz CT molecular complexity index is 280. The molecule has 5 atom stereocenters. The summed E-state index contributed by atoms with van der Waals surface area (Å²) in [5.74, 6) is 0.